The van der Waals surface area contributed by atoms with Crippen molar-refractivity contribution in [3.8, 4) is 11.5 Å². The number of hydrogen-bond acceptors (Lipinski definition) is 8. The minimum Gasteiger partial charge on any atom is -0.454 e. The van der Waals surface area contributed by atoms with E-state index < -0.39 is 15.8 Å². The lowest BCUT2D eigenvalue weighted by Crippen LogP contribution is -2.38. The summed E-state index contributed by atoms with van der Waals surface area (Å²) in [5.41, 5.74) is 1.06. The van der Waals surface area contributed by atoms with Gasteiger partial charge in [0.2, 0.25) is 21.8 Å². The Kier molecular flexibility index (Phi) is 5.96. The van der Waals surface area contributed by atoms with Crippen molar-refractivity contribution in [2.75, 3.05) is 25.2 Å². The van der Waals surface area contributed by atoms with Crippen molar-refractivity contribution in [3.63, 3.8) is 0 Å². The molecular formula is C22H21FN4O5S2. The molecule has 0 unspecified atom stereocenters. The highest BCUT2D eigenvalue weighted by Crippen LogP contribution is 2.35. The summed E-state index contributed by atoms with van der Waals surface area (Å²) in [6, 6.07) is 8.88. The van der Waals surface area contributed by atoms with Gasteiger partial charge < -0.3 is 14.8 Å². The molecule has 1 amide bonds. The molecule has 3 heterocycles. The van der Waals surface area contributed by atoms with Crippen LogP contribution >= 0.6 is 11.3 Å². The van der Waals surface area contributed by atoms with Gasteiger partial charge in [-0.05, 0) is 49.6 Å². The number of fused-ring (bicyclic) bond motifs is 1. The first-order chi connectivity index (χ1) is 16.3. The Morgan fingerprint density at radius 2 is 1.88 bits per heavy atom. The van der Waals surface area contributed by atoms with Crippen LogP contribution in [0.2, 0.25) is 0 Å². The number of nitrogens with one attached hydrogen (secondary N) is 1. The zero-order chi connectivity index (χ0) is 23.9. The molecule has 0 bridgehead atoms. The number of rotatable bonds is 5. The van der Waals surface area contributed by atoms with Gasteiger partial charge in [-0.2, -0.15) is 4.31 Å². The molecule has 2 aromatic carbocycles. The van der Waals surface area contributed by atoms with Crippen molar-refractivity contribution >= 4 is 33.0 Å². The number of sulfonamides is 1. The summed E-state index contributed by atoms with van der Waals surface area (Å²) in [4.78, 5) is 12.6. The van der Waals surface area contributed by atoms with E-state index in [4.69, 9.17) is 9.47 Å². The highest BCUT2D eigenvalue weighted by Gasteiger charge is 2.32. The molecule has 1 fully saturated rings. The van der Waals surface area contributed by atoms with Gasteiger partial charge in [0, 0.05) is 30.8 Å². The van der Waals surface area contributed by atoms with E-state index in [-0.39, 0.29) is 41.6 Å². The van der Waals surface area contributed by atoms with Gasteiger partial charge in [0.25, 0.3) is 5.91 Å². The standard InChI is InChI=1S/C22H21FN4O5S2/c1-13-2-3-15(23)10-19(13)34(29,30)27-8-6-14(7-9-27)21-25-26-22(33-21)20(28)24-16-4-5-17-18(11-16)32-12-31-17/h2-5,10-11,14H,6-9,12H2,1H3,(H,24,28). The molecule has 2 aliphatic heterocycles. The Morgan fingerprint density at radius 1 is 1.12 bits per heavy atom. The first-order valence-corrected chi connectivity index (χ1v) is 12.9. The van der Waals surface area contributed by atoms with Crippen molar-refractivity contribution in [2.24, 2.45) is 0 Å². The lowest BCUT2D eigenvalue weighted by atomic mass is 9.99. The number of benzene rings is 2. The summed E-state index contributed by atoms with van der Waals surface area (Å²) in [5.74, 6) is 0.205. The molecule has 2 aliphatic rings. The molecule has 0 atom stereocenters. The highest BCUT2D eigenvalue weighted by molar-refractivity contribution is 7.89. The molecule has 9 nitrogen and oxygen atoms in total. The van der Waals surface area contributed by atoms with Crippen LogP contribution < -0.4 is 14.8 Å². The summed E-state index contributed by atoms with van der Waals surface area (Å²) in [7, 11) is -3.79. The fourth-order valence-electron chi connectivity index (χ4n) is 3.98. The van der Waals surface area contributed by atoms with Crippen LogP contribution in [0.15, 0.2) is 41.3 Å². The zero-order valence-electron chi connectivity index (χ0n) is 18.2. The Bertz CT molecular complexity index is 1350. The fourth-order valence-corrected chi connectivity index (χ4v) is 6.60. The maximum Gasteiger partial charge on any atom is 0.286 e. The van der Waals surface area contributed by atoms with Crippen molar-refractivity contribution in [2.45, 2.75) is 30.6 Å². The van der Waals surface area contributed by atoms with Gasteiger partial charge in [-0.1, -0.05) is 17.4 Å². The molecule has 1 saturated heterocycles. The van der Waals surface area contributed by atoms with E-state index in [1.165, 1.54) is 27.8 Å². The number of amides is 1. The summed E-state index contributed by atoms with van der Waals surface area (Å²) in [5, 5.41) is 11.9. The van der Waals surface area contributed by atoms with E-state index >= 15 is 0 Å². The predicted molar refractivity (Wildman–Crippen MR) is 122 cm³/mol. The number of carbonyl (C=O) groups excluding carboxylic acids is 1. The SMILES string of the molecule is Cc1ccc(F)cc1S(=O)(=O)N1CCC(c2nnc(C(=O)Nc3ccc4c(c3)OCO4)s2)CC1. The van der Waals surface area contributed by atoms with Gasteiger partial charge in [-0.3, -0.25) is 4.79 Å². The average molecular weight is 505 g/mol. The second-order valence-corrected chi connectivity index (χ2v) is 11.0. The number of ether oxygens (including phenoxy) is 2. The van der Waals surface area contributed by atoms with Gasteiger partial charge >= 0.3 is 0 Å². The molecule has 34 heavy (non-hydrogen) atoms. The average Bonchev–Trinajstić information content (AvgIpc) is 3.50. The lowest BCUT2D eigenvalue weighted by molar-refractivity contribution is 0.102. The van der Waals surface area contributed by atoms with Crippen LogP contribution in [0, 0.1) is 12.7 Å². The Morgan fingerprint density at radius 3 is 2.68 bits per heavy atom. The Balaban J connectivity index is 1.23. The molecule has 0 radical (unpaired) electrons. The molecular weight excluding hydrogens is 483 g/mol. The van der Waals surface area contributed by atoms with Gasteiger partial charge in [0.15, 0.2) is 11.5 Å². The number of anilines is 1. The molecule has 1 N–H and O–H groups in total. The third kappa shape index (κ3) is 4.36. The highest BCUT2D eigenvalue weighted by atomic mass is 32.2. The van der Waals surface area contributed by atoms with E-state index in [0.29, 0.717) is 40.6 Å². The number of nitrogens with zero attached hydrogens (tertiary/aromatic N) is 3. The number of hydrogen-bond donors (Lipinski definition) is 1. The first-order valence-electron chi connectivity index (χ1n) is 10.6. The molecule has 0 saturated carbocycles. The zero-order valence-corrected chi connectivity index (χ0v) is 19.8. The van der Waals surface area contributed by atoms with Crippen LogP contribution in [0.5, 0.6) is 11.5 Å². The third-order valence-corrected chi connectivity index (χ3v) is 8.96. The predicted octanol–water partition coefficient (Wildman–Crippen LogP) is 3.53. The number of piperidine rings is 1. The molecule has 0 spiro atoms. The van der Waals surface area contributed by atoms with Gasteiger partial charge in [0.05, 0.1) is 4.90 Å². The van der Waals surface area contributed by atoms with Crippen molar-refractivity contribution in [1.82, 2.24) is 14.5 Å². The maximum absolute atomic E-state index is 13.7. The molecule has 0 aliphatic carbocycles. The van der Waals surface area contributed by atoms with Gasteiger partial charge in [-0.25, -0.2) is 12.8 Å². The quantitative estimate of drug-likeness (QED) is 0.566. The number of halogens is 1. The van der Waals surface area contributed by atoms with Crippen molar-refractivity contribution in [3.05, 3.63) is 57.8 Å². The van der Waals surface area contributed by atoms with E-state index in [1.54, 1.807) is 25.1 Å². The first kappa shape index (κ1) is 22.7. The molecule has 178 valence electrons. The summed E-state index contributed by atoms with van der Waals surface area (Å²) in [6.07, 6.45) is 1.07. The number of carbonyl (C=O) groups is 1. The van der Waals surface area contributed by atoms with E-state index in [0.717, 1.165) is 6.07 Å². The summed E-state index contributed by atoms with van der Waals surface area (Å²) in [6.45, 7) is 2.35. The summed E-state index contributed by atoms with van der Waals surface area (Å²) < 4.78 is 51.6. The number of aromatic nitrogens is 2. The van der Waals surface area contributed by atoms with Crippen LogP contribution in [-0.2, 0) is 10.0 Å². The van der Waals surface area contributed by atoms with Gasteiger partial charge in [0.1, 0.15) is 10.8 Å². The Labute approximate surface area is 199 Å². The second-order valence-electron chi connectivity index (χ2n) is 8.06. The monoisotopic (exact) mass is 504 g/mol. The molecule has 5 rings (SSSR count). The van der Waals surface area contributed by atoms with E-state index in [2.05, 4.69) is 15.5 Å². The lowest BCUT2D eigenvalue weighted by Gasteiger charge is -2.30. The maximum atomic E-state index is 13.7. The minimum absolute atomic E-state index is 0.00958. The normalized spacial score (nSPS) is 16.5. The molecule has 1 aromatic heterocycles. The van der Waals surface area contributed by atoms with E-state index in [9.17, 15) is 17.6 Å². The fraction of sp³-hybridized carbons (Fsp3) is 0.318. The smallest absolute Gasteiger partial charge is 0.286 e. The van der Waals surface area contributed by atoms with Crippen LogP contribution in [0.4, 0.5) is 10.1 Å². The third-order valence-electron chi connectivity index (χ3n) is 5.84. The largest absolute Gasteiger partial charge is 0.454 e. The van der Waals surface area contributed by atoms with Crippen LogP contribution in [0.3, 0.4) is 0 Å². The minimum atomic E-state index is -3.79. The van der Waals surface area contributed by atoms with Crippen LogP contribution in [-0.4, -0.2) is 48.7 Å². The molecule has 12 heteroatoms. The molecule has 3 aromatic rings. The van der Waals surface area contributed by atoms with Crippen molar-refractivity contribution < 1.29 is 27.1 Å². The summed E-state index contributed by atoms with van der Waals surface area (Å²) >= 11 is 1.19. The van der Waals surface area contributed by atoms with Crippen molar-refractivity contribution in [1.29, 1.82) is 0 Å². The second kappa shape index (κ2) is 8.93. The van der Waals surface area contributed by atoms with Crippen LogP contribution in [0.1, 0.15) is 39.1 Å². The topological polar surface area (TPSA) is 111 Å². The van der Waals surface area contributed by atoms with Gasteiger partial charge in [-0.15, -0.1) is 10.2 Å². The van der Waals surface area contributed by atoms with E-state index in [1.807, 2.05) is 0 Å². The Hall–Kier alpha value is -3.09. The number of aryl methyl sites for hydroxylation is 1. The van der Waals surface area contributed by atoms with Crippen LogP contribution in [0.25, 0.3) is 0 Å².